The fourth-order valence-corrected chi connectivity index (χ4v) is 2.63. The molecule has 27 heavy (non-hydrogen) atoms. The Hall–Kier alpha value is -3.54. The van der Waals surface area contributed by atoms with Gasteiger partial charge < -0.3 is 20.1 Å². The van der Waals surface area contributed by atoms with E-state index in [-0.39, 0.29) is 5.91 Å². The van der Waals surface area contributed by atoms with Crippen LogP contribution in [0, 0.1) is 6.92 Å². The van der Waals surface area contributed by atoms with E-state index in [9.17, 15) is 4.79 Å². The maximum atomic E-state index is 12.7. The lowest BCUT2D eigenvalue weighted by atomic mass is 10.2. The van der Waals surface area contributed by atoms with Crippen LogP contribution in [0.5, 0.6) is 11.5 Å². The Kier molecular flexibility index (Phi) is 5.56. The topological polar surface area (TPSA) is 72.5 Å². The summed E-state index contributed by atoms with van der Waals surface area (Å²) in [5.74, 6) is 0.882. The second kappa shape index (κ2) is 8.23. The lowest BCUT2D eigenvalue weighted by Crippen LogP contribution is -2.13. The standard InChI is InChI=1S/C21H21N3O3/c1-14-5-4-6-16(9-14)23-17-10-15(12-22-13-17)21(25)24-19-11-18(26-2)7-8-20(19)27-3/h4-13,23H,1-3H3,(H,24,25). The summed E-state index contributed by atoms with van der Waals surface area (Å²) in [6.45, 7) is 2.02. The summed E-state index contributed by atoms with van der Waals surface area (Å²) >= 11 is 0. The molecule has 0 bridgehead atoms. The minimum Gasteiger partial charge on any atom is -0.497 e. The van der Waals surface area contributed by atoms with Crippen molar-refractivity contribution in [2.45, 2.75) is 6.92 Å². The number of anilines is 3. The van der Waals surface area contributed by atoms with Crippen LogP contribution >= 0.6 is 0 Å². The molecule has 0 saturated carbocycles. The van der Waals surface area contributed by atoms with Crippen molar-refractivity contribution in [2.75, 3.05) is 24.9 Å². The number of carbonyl (C=O) groups excluding carboxylic acids is 1. The third-order valence-electron chi connectivity index (χ3n) is 3.96. The van der Waals surface area contributed by atoms with Crippen LogP contribution in [0.4, 0.5) is 17.1 Å². The van der Waals surface area contributed by atoms with Crippen LogP contribution in [0.2, 0.25) is 0 Å². The number of carbonyl (C=O) groups is 1. The first-order valence-corrected chi connectivity index (χ1v) is 8.41. The number of ether oxygens (including phenoxy) is 2. The predicted octanol–water partition coefficient (Wildman–Crippen LogP) is 4.40. The summed E-state index contributed by atoms with van der Waals surface area (Å²) in [6.07, 6.45) is 3.19. The molecule has 0 unspecified atom stereocenters. The summed E-state index contributed by atoms with van der Waals surface area (Å²) in [5.41, 5.74) is 3.76. The molecule has 0 aliphatic rings. The van der Waals surface area contributed by atoms with Gasteiger partial charge >= 0.3 is 0 Å². The molecule has 0 aliphatic heterocycles. The molecular formula is C21H21N3O3. The van der Waals surface area contributed by atoms with Gasteiger partial charge in [0.1, 0.15) is 11.5 Å². The molecule has 2 aromatic carbocycles. The lowest BCUT2D eigenvalue weighted by Gasteiger charge is -2.12. The molecule has 1 aromatic heterocycles. The van der Waals surface area contributed by atoms with Gasteiger partial charge in [-0.25, -0.2) is 0 Å². The van der Waals surface area contributed by atoms with Crippen molar-refractivity contribution in [1.29, 1.82) is 0 Å². The minimum absolute atomic E-state index is 0.290. The number of hydrogen-bond acceptors (Lipinski definition) is 5. The molecule has 3 aromatic rings. The van der Waals surface area contributed by atoms with E-state index in [0.29, 0.717) is 22.7 Å². The molecular weight excluding hydrogens is 342 g/mol. The summed E-state index contributed by atoms with van der Waals surface area (Å²) in [4.78, 5) is 16.8. The number of amides is 1. The van der Waals surface area contributed by atoms with Gasteiger partial charge in [-0.05, 0) is 42.8 Å². The number of aryl methyl sites for hydroxylation is 1. The quantitative estimate of drug-likeness (QED) is 0.679. The molecule has 138 valence electrons. The van der Waals surface area contributed by atoms with Gasteiger partial charge in [0.2, 0.25) is 0 Å². The molecule has 0 saturated heterocycles. The highest BCUT2D eigenvalue weighted by atomic mass is 16.5. The van der Waals surface area contributed by atoms with Crippen LogP contribution in [0.25, 0.3) is 0 Å². The summed E-state index contributed by atoms with van der Waals surface area (Å²) < 4.78 is 10.5. The molecule has 2 N–H and O–H groups in total. The second-order valence-electron chi connectivity index (χ2n) is 5.98. The van der Waals surface area contributed by atoms with E-state index in [1.807, 2.05) is 31.2 Å². The van der Waals surface area contributed by atoms with Crippen LogP contribution in [0.3, 0.4) is 0 Å². The van der Waals surface area contributed by atoms with Crippen molar-refractivity contribution in [3.63, 3.8) is 0 Å². The van der Waals surface area contributed by atoms with E-state index in [1.165, 1.54) is 6.20 Å². The smallest absolute Gasteiger partial charge is 0.257 e. The van der Waals surface area contributed by atoms with E-state index < -0.39 is 0 Å². The zero-order valence-corrected chi connectivity index (χ0v) is 15.4. The molecule has 1 heterocycles. The van der Waals surface area contributed by atoms with Gasteiger partial charge in [-0.3, -0.25) is 9.78 Å². The number of pyridine rings is 1. The largest absolute Gasteiger partial charge is 0.497 e. The number of hydrogen-bond donors (Lipinski definition) is 2. The monoisotopic (exact) mass is 363 g/mol. The summed E-state index contributed by atoms with van der Waals surface area (Å²) in [5, 5.41) is 6.10. The van der Waals surface area contributed by atoms with Crippen molar-refractivity contribution in [3.05, 3.63) is 72.1 Å². The lowest BCUT2D eigenvalue weighted by molar-refractivity contribution is 0.102. The Morgan fingerprint density at radius 3 is 2.56 bits per heavy atom. The van der Waals surface area contributed by atoms with Crippen molar-refractivity contribution < 1.29 is 14.3 Å². The maximum Gasteiger partial charge on any atom is 0.257 e. The molecule has 0 atom stereocenters. The highest BCUT2D eigenvalue weighted by Crippen LogP contribution is 2.29. The van der Waals surface area contributed by atoms with Crippen molar-refractivity contribution in [3.8, 4) is 11.5 Å². The number of nitrogens with zero attached hydrogens (tertiary/aromatic N) is 1. The molecule has 6 nitrogen and oxygen atoms in total. The molecule has 6 heteroatoms. The number of benzene rings is 2. The molecule has 0 fully saturated rings. The fourth-order valence-electron chi connectivity index (χ4n) is 2.63. The SMILES string of the molecule is COc1ccc(OC)c(NC(=O)c2cncc(Nc3cccc(C)c3)c2)c1. The Balaban J connectivity index is 1.80. The molecule has 1 amide bonds. The molecule has 0 radical (unpaired) electrons. The van der Waals surface area contributed by atoms with Crippen molar-refractivity contribution in [2.24, 2.45) is 0 Å². The first-order chi connectivity index (χ1) is 13.1. The van der Waals surface area contributed by atoms with Crippen LogP contribution in [-0.2, 0) is 0 Å². The molecule has 3 rings (SSSR count). The van der Waals surface area contributed by atoms with E-state index in [0.717, 1.165) is 16.9 Å². The van der Waals surface area contributed by atoms with Gasteiger partial charge in [-0.1, -0.05) is 12.1 Å². The van der Waals surface area contributed by atoms with Gasteiger partial charge in [0.25, 0.3) is 5.91 Å². The summed E-state index contributed by atoms with van der Waals surface area (Å²) in [7, 11) is 3.11. The Labute approximate surface area is 158 Å². The van der Waals surface area contributed by atoms with E-state index in [2.05, 4.69) is 15.6 Å². The van der Waals surface area contributed by atoms with Gasteiger partial charge in [0.05, 0.1) is 37.4 Å². The first-order valence-electron chi connectivity index (χ1n) is 8.41. The zero-order valence-electron chi connectivity index (χ0n) is 15.4. The van der Waals surface area contributed by atoms with E-state index in [4.69, 9.17) is 9.47 Å². The van der Waals surface area contributed by atoms with Crippen LogP contribution in [0.15, 0.2) is 60.9 Å². The zero-order chi connectivity index (χ0) is 19.2. The fraction of sp³-hybridized carbons (Fsp3) is 0.143. The van der Waals surface area contributed by atoms with E-state index >= 15 is 0 Å². The highest BCUT2D eigenvalue weighted by Gasteiger charge is 2.12. The number of aromatic nitrogens is 1. The minimum atomic E-state index is -0.290. The maximum absolute atomic E-state index is 12.7. The Bertz CT molecular complexity index is 957. The predicted molar refractivity (Wildman–Crippen MR) is 106 cm³/mol. The first kappa shape index (κ1) is 18.3. The van der Waals surface area contributed by atoms with Crippen molar-refractivity contribution in [1.82, 2.24) is 4.98 Å². The van der Waals surface area contributed by atoms with Crippen molar-refractivity contribution >= 4 is 23.0 Å². The molecule has 0 aliphatic carbocycles. The average Bonchev–Trinajstić information content (AvgIpc) is 2.68. The van der Waals surface area contributed by atoms with Gasteiger partial charge in [-0.2, -0.15) is 0 Å². The second-order valence-corrected chi connectivity index (χ2v) is 5.98. The van der Waals surface area contributed by atoms with Gasteiger partial charge in [0, 0.05) is 18.0 Å². The Morgan fingerprint density at radius 1 is 0.963 bits per heavy atom. The van der Waals surface area contributed by atoms with Gasteiger partial charge in [-0.15, -0.1) is 0 Å². The normalized spacial score (nSPS) is 10.2. The highest BCUT2D eigenvalue weighted by molar-refractivity contribution is 6.05. The van der Waals surface area contributed by atoms with Crippen LogP contribution in [-0.4, -0.2) is 25.1 Å². The third kappa shape index (κ3) is 4.55. The third-order valence-corrected chi connectivity index (χ3v) is 3.96. The number of methoxy groups -OCH3 is 2. The van der Waals surface area contributed by atoms with Crippen LogP contribution in [0.1, 0.15) is 15.9 Å². The van der Waals surface area contributed by atoms with E-state index in [1.54, 1.807) is 44.7 Å². The van der Waals surface area contributed by atoms with Gasteiger partial charge in [0.15, 0.2) is 0 Å². The number of nitrogens with one attached hydrogen (secondary N) is 2. The molecule has 0 spiro atoms. The number of rotatable bonds is 6. The average molecular weight is 363 g/mol. The van der Waals surface area contributed by atoms with Crippen LogP contribution < -0.4 is 20.1 Å². The summed E-state index contributed by atoms with van der Waals surface area (Å²) in [6, 6.07) is 14.9. The Morgan fingerprint density at radius 2 is 1.81 bits per heavy atom.